The van der Waals surface area contributed by atoms with Crippen molar-refractivity contribution in [1.82, 2.24) is 10.4 Å². The van der Waals surface area contributed by atoms with Crippen LogP contribution in [-0.2, 0) is 6.42 Å². The number of hydrogen-bond acceptors (Lipinski definition) is 4. The molecule has 1 unspecified atom stereocenters. The summed E-state index contributed by atoms with van der Waals surface area (Å²) >= 11 is 1.57. The van der Waals surface area contributed by atoms with Gasteiger partial charge in [-0.3, -0.25) is 16.3 Å². The molecule has 2 rings (SSSR count). The smallest absolute Gasteiger partial charge is 0.123 e. The quantitative estimate of drug-likeness (QED) is 0.648. The number of hydrogen-bond donors (Lipinski definition) is 2. The van der Waals surface area contributed by atoms with E-state index >= 15 is 0 Å². The molecule has 0 aliphatic heterocycles. The third-order valence-electron chi connectivity index (χ3n) is 2.56. The Morgan fingerprint density at radius 1 is 1.47 bits per heavy atom. The number of halogens is 1. The largest absolute Gasteiger partial charge is 0.271 e. The van der Waals surface area contributed by atoms with E-state index in [1.807, 2.05) is 13.0 Å². The van der Waals surface area contributed by atoms with Gasteiger partial charge in [-0.25, -0.2) is 4.39 Å². The molecule has 2 aromatic rings. The number of thiazole rings is 1. The topological polar surface area (TPSA) is 50.9 Å². The zero-order valence-corrected chi connectivity index (χ0v) is 10.3. The number of nitrogens with zero attached hydrogens (tertiary/aromatic N) is 1. The average Bonchev–Trinajstić information content (AvgIpc) is 2.77. The Hall–Kier alpha value is -1.30. The van der Waals surface area contributed by atoms with Gasteiger partial charge in [0.25, 0.3) is 0 Å². The highest BCUT2D eigenvalue weighted by molar-refractivity contribution is 7.09. The standard InChI is InChI=1S/C12H14FN3S/c1-8-2-9(4-10(13)3-8)12(16-14)5-11-6-15-7-17-11/h2-4,6-7,12,16H,5,14H2,1H3. The highest BCUT2D eigenvalue weighted by atomic mass is 32.1. The van der Waals surface area contributed by atoms with E-state index in [4.69, 9.17) is 5.84 Å². The maximum absolute atomic E-state index is 13.3. The lowest BCUT2D eigenvalue weighted by molar-refractivity contribution is 0.547. The van der Waals surface area contributed by atoms with Gasteiger partial charge in [-0.1, -0.05) is 6.07 Å². The summed E-state index contributed by atoms with van der Waals surface area (Å²) in [5, 5.41) is 0. The third-order valence-corrected chi connectivity index (χ3v) is 3.36. The van der Waals surface area contributed by atoms with E-state index in [0.29, 0.717) is 6.42 Å². The number of aryl methyl sites for hydroxylation is 1. The maximum atomic E-state index is 13.3. The van der Waals surface area contributed by atoms with E-state index in [1.165, 1.54) is 12.1 Å². The van der Waals surface area contributed by atoms with Gasteiger partial charge in [0.05, 0.1) is 11.6 Å². The normalized spacial score (nSPS) is 12.6. The van der Waals surface area contributed by atoms with Crippen LogP contribution in [0.1, 0.15) is 22.0 Å². The van der Waals surface area contributed by atoms with Crippen LogP contribution in [0, 0.1) is 12.7 Å². The molecule has 0 bridgehead atoms. The fraction of sp³-hybridized carbons (Fsp3) is 0.250. The Bertz CT molecular complexity index is 464. The van der Waals surface area contributed by atoms with E-state index in [9.17, 15) is 4.39 Å². The number of hydrazine groups is 1. The molecule has 0 spiro atoms. The van der Waals surface area contributed by atoms with Crippen LogP contribution in [0.5, 0.6) is 0 Å². The van der Waals surface area contributed by atoms with Crippen molar-refractivity contribution in [3.05, 3.63) is 51.7 Å². The van der Waals surface area contributed by atoms with Crippen molar-refractivity contribution in [1.29, 1.82) is 0 Å². The molecular weight excluding hydrogens is 237 g/mol. The van der Waals surface area contributed by atoms with Gasteiger partial charge in [-0.05, 0) is 30.2 Å². The molecule has 0 fully saturated rings. The van der Waals surface area contributed by atoms with Crippen LogP contribution in [0.15, 0.2) is 29.9 Å². The second-order valence-corrected chi connectivity index (χ2v) is 4.92. The molecule has 0 aliphatic carbocycles. The zero-order chi connectivity index (χ0) is 12.3. The summed E-state index contributed by atoms with van der Waals surface area (Å²) in [6.45, 7) is 1.87. The molecule has 17 heavy (non-hydrogen) atoms. The van der Waals surface area contributed by atoms with Crippen LogP contribution in [0.3, 0.4) is 0 Å². The molecule has 0 aliphatic rings. The minimum atomic E-state index is -0.232. The number of aromatic nitrogens is 1. The first-order valence-corrected chi connectivity index (χ1v) is 6.17. The molecule has 0 amide bonds. The van der Waals surface area contributed by atoms with Crippen molar-refractivity contribution in [2.45, 2.75) is 19.4 Å². The predicted octanol–water partition coefficient (Wildman–Crippen LogP) is 2.34. The van der Waals surface area contributed by atoms with Crippen molar-refractivity contribution < 1.29 is 4.39 Å². The highest BCUT2D eigenvalue weighted by Crippen LogP contribution is 2.21. The van der Waals surface area contributed by atoms with Gasteiger partial charge < -0.3 is 0 Å². The molecule has 1 heterocycles. The van der Waals surface area contributed by atoms with Crippen LogP contribution in [-0.4, -0.2) is 4.98 Å². The number of benzene rings is 1. The Labute approximate surface area is 103 Å². The van der Waals surface area contributed by atoms with E-state index in [2.05, 4.69) is 10.4 Å². The van der Waals surface area contributed by atoms with Gasteiger partial charge in [-0.2, -0.15) is 0 Å². The van der Waals surface area contributed by atoms with Crippen LogP contribution >= 0.6 is 11.3 Å². The molecule has 1 atom stereocenters. The zero-order valence-electron chi connectivity index (χ0n) is 9.48. The number of nitrogens with two attached hydrogens (primary N) is 1. The van der Waals surface area contributed by atoms with Crippen LogP contribution in [0.25, 0.3) is 0 Å². The van der Waals surface area contributed by atoms with Gasteiger partial charge >= 0.3 is 0 Å². The summed E-state index contributed by atoms with van der Waals surface area (Å²) in [6, 6.07) is 4.86. The lowest BCUT2D eigenvalue weighted by Crippen LogP contribution is -2.29. The highest BCUT2D eigenvalue weighted by Gasteiger charge is 2.12. The lowest BCUT2D eigenvalue weighted by atomic mass is 10.0. The van der Waals surface area contributed by atoms with Gasteiger partial charge in [0.15, 0.2) is 0 Å². The molecular formula is C12H14FN3S. The van der Waals surface area contributed by atoms with Crippen molar-refractivity contribution >= 4 is 11.3 Å². The van der Waals surface area contributed by atoms with Gasteiger partial charge in [0.1, 0.15) is 5.82 Å². The molecule has 0 radical (unpaired) electrons. The first-order valence-electron chi connectivity index (χ1n) is 5.29. The van der Waals surface area contributed by atoms with Gasteiger partial charge in [-0.15, -0.1) is 11.3 Å². The Kier molecular flexibility index (Phi) is 3.83. The summed E-state index contributed by atoms with van der Waals surface area (Å²) in [6.07, 6.45) is 2.52. The fourth-order valence-corrected chi connectivity index (χ4v) is 2.42. The van der Waals surface area contributed by atoms with E-state index in [1.54, 1.807) is 23.0 Å². The summed E-state index contributed by atoms with van der Waals surface area (Å²) in [5.74, 6) is 5.30. The summed E-state index contributed by atoms with van der Waals surface area (Å²) < 4.78 is 13.3. The first kappa shape index (κ1) is 12.2. The number of rotatable bonds is 4. The molecule has 0 saturated heterocycles. The summed E-state index contributed by atoms with van der Waals surface area (Å²) in [5.41, 5.74) is 6.25. The molecule has 1 aromatic carbocycles. The maximum Gasteiger partial charge on any atom is 0.123 e. The van der Waals surface area contributed by atoms with E-state index in [-0.39, 0.29) is 11.9 Å². The molecule has 3 N–H and O–H groups in total. The van der Waals surface area contributed by atoms with Crippen LogP contribution in [0.4, 0.5) is 4.39 Å². The monoisotopic (exact) mass is 251 g/mol. The SMILES string of the molecule is Cc1cc(F)cc(C(Cc2cncs2)NN)c1. The Morgan fingerprint density at radius 3 is 2.88 bits per heavy atom. The van der Waals surface area contributed by atoms with Crippen LogP contribution < -0.4 is 11.3 Å². The van der Waals surface area contributed by atoms with Gasteiger partial charge in [0.2, 0.25) is 0 Å². The van der Waals surface area contributed by atoms with Crippen molar-refractivity contribution in [3.8, 4) is 0 Å². The minimum absolute atomic E-state index is 0.0927. The second-order valence-electron chi connectivity index (χ2n) is 3.95. The Balaban J connectivity index is 2.22. The average molecular weight is 251 g/mol. The molecule has 90 valence electrons. The molecule has 3 nitrogen and oxygen atoms in total. The lowest BCUT2D eigenvalue weighted by Gasteiger charge is -2.16. The molecule has 1 aromatic heterocycles. The first-order chi connectivity index (χ1) is 8.19. The molecule has 0 saturated carbocycles. The number of nitrogens with one attached hydrogen (secondary N) is 1. The van der Waals surface area contributed by atoms with Crippen molar-refractivity contribution in [3.63, 3.8) is 0 Å². The fourth-order valence-electron chi connectivity index (χ4n) is 1.78. The van der Waals surface area contributed by atoms with E-state index in [0.717, 1.165) is 16.0 Å². The van der Waals surface area contributed by atoms with Crippen molar-refractivity contribution in [2.24, 2.45) is 5.84 Å². The third kappa shape index (κ3) is 3.09. The predicted molar refractivity (Wildman–Crippen MR) is 67.0 cm³/mol. The second kappa shape index (κ2) is 5.35. The summed E-state index contributed by atoms with van der Waals surface area (Å²) in [4.78, 5) is 5.13. The van der Waals surface area contributed by atoms with Gasteiger partial charge in [0, 0.05) is 17.5 Å². The molecule has 5 heteroatoms. The van der Waals surface area contributed by atoms with Crippen LogP contribution in [0.2, 0.25) is 0 Å². The Morgan fingerprint density at radius 2 is 2.29 bits per heavy atom. The van der Waals surface area contributed by atoms with Crippen molar-refractivity contribution in [2.75, 3.05) is 0 Å². The van der Waals surface area contributed by atoms with E-state index < -0.39 is 0 Å². The minimum Gasteiger partial charge on any atom is -0.271 e. The summed E-state index contributed by atoms with van der Waals surface area (Å²) in [7, 11) is 0.